The summed E-state index contributed by atoms with van der Waals surface area (Å²) in [4.78, 5) is 50.2. The zero-order chi connectivity index (χ0) is 24.9. The topological polar surface area (TPSA) is 109 Å². The molecule has 0 amide bonds. The number of aldehydes is 1. The van der Waals surface area contributed by atoms with Gasteiger partial charge in [0.25, 0.3) is 5.56 Å². The lowest BCUT2D eigenvalue weighted by molar-refractivity contribution is -0.107. The van der Waals surface area contributed by atoms with Gasteiger partial charge in [0.1, 0.15) is 24.3 Å². The van der Waals surface area contributed by atoms with Crippen LogP contribution in [-0.2, 0) is 31.4 Å². The van der Waals surface area contributed by atoms with Gasteiger partial charge in [0.15, 0.2) is 11.2 Å². The molecule has 35 heavy (non-hydrogen) atoms. The zero-order valence-electron chi connectivity index (χ0n) is 20.2. The Balaban J connectivity index is 1.80. The SMILES string of the molecule is CC(C)Cn1c(=O)n(C)c(=O)c2nc(CCCCC=O)c(COc3cccc4ccncc34)nc21. The molecule has 0 saturated heterocycles. The van der Waals surface area contributed by atoms with Gasteiger partial charge < -0.3 is 9.53 Å². The van der Waals surface area contributed by atoms with Crippen molar-refractivity contribution in [3.05, 3.63) is 68.9 Å². The molecule has 3 heterocycles. The molecule has 0 aliphatic heterocycles. The Bertz CT molecular complexity index is 1480. The molecule has 1 aromatic carbocycles. The number of carbonyl (C=O) groups excluding carboxylic acids is 1. The van der Waals surface area contributed by atoms with E-state index in [0.29, 0.717) is 42.9 Å². The normalized spacial score (nSPS) is 11.4. The summed E-state index contributed by atoms with van der Waals surface area (Å²) < 4.78 is 8.75. The lowest BCUT2D eigenvalue weighted by Crippen LogP contribution is -2.40. The number of unbranched alkanes of at least 4 members (excludes halogenated alkanes) is 2. The fourth-order valence-corrected chi connectivity index (χ4v) is 4.07. The Morgan fingerprint density at radius 3 is 2.69 bits per heavy atom. The molecule has 9 heteroatoms. The van der Waals surface area contributed by atoms with Crippen molar-refractivity contribution in [3.63, 3.8) is 0 Å². The Morgan fingerprint density at radius 1 is 1.09 bits per heavy atom. The first-order valence-corrected chi connectivity index (χ1v) is 11.8. The summed E-state index contributed by atoms with van der Waals surface area (Å²) in [5, 5.41) is 1.88. The first-order valence-electron chi connectivity index (χ1n) is 11.8. The van der Waals surface area contributed by atoms with Crippen LogP contribution in [0.2, 0.25) is 0 Å². The van der Waals surface area contributed by atoms with Crippen molar-refractivity contribution in [2.24, 2.45) is 13.0 Å². The molecule has 4 aromatic rings. The summed E-state index contributed by atoms with van der Waals surface area (Å²) in [6, 6.07) is 7.68. The lowest BCUT2D eigenvalue weighted by Gasteiger charge is -2.16. The first kappa shape index (κ1) is 24.3. The number of fused-ring (bicyclic) bond motifs is 2. The van der Waals surface area contributed by atoms with Crippen LogP contribution < -0.4 is 16.0 Å². The van der Waals surface area contributed by atoms with Gasteiger partial charge >= 0.3 is 5.69 Å². The summed E-state index contributed by atoms with van der Waals surface area (Å²) >= 11 is 0. The van der Waals surface area contributed by atoms with Crippen molar-refractivity contribution in [1.29, 1.82) is 0 Å². The Kier molecular flexibility index (Phi) is 7.33. The van der Waals surface area contributed by atoms with Crippen LogP contribution >= 0.6 is 0 Å². The molecular weight excluding hydrogens is 446 g/mol. The first-order chi connectivity index (χ1) is 16.9. The number of aryl methyl sites for hydroxylation is 1. The van der Waals surface area contributed by atoms with E-state index in [2.05, 4.69) is 9.97 Å². The molecule has 0 N–H and O–H groups in total. The Labute approximate surface area is 202 Å². The van der Waals surface area contributed by atoms with Crippen LogP contribution in [0.5, 0.6) is 5.75 Å². The fourth-order valence-electron chi connectivity index (χ4n) is 4.07. The number of benzene rings is 1. The third-order valence-corrected chi connectivity index (χ3v) is 5.85. The van der Waals surface area contributed by atoms with E-state index in [0.717, 1.165) is 28.0 Å². The van der Waals surface area contributed by atoms with Crippen molar-refractivity contribution < 1.29 is 9.53 Å². The average Bonchev–Trinajstić information content (AvgIpc) is 2.86. The number of rotatable bonds is 10. The Morgan fingerprint density at radius 2 is 1.91 bits per heavy atom. The standard InChI is InChI=1S/C26H29N5O4/c1-17(2)15-31-24-23(25(33)30(3)26(31)34)28-20(9-5-4-6-13-32)21(29-24)16-35-22-10-7-8-18-11-12-27-14-19(18)22/h7-8,10-14,17H,4-6,9,15-16H2,1-3H3. The zero-order valence-corrected chi connectivity index (χ0v) is 20.2. The van der Waals surface area contributed by atoms with Gasteiger partial charge in [0.2, 0.25) is 0 Å². The molecule has 0 radical (unpaired) electrons. The number of hydrogen-bond acceptors (Lipinski definition) is 7. The third-order valence-electron chi connectivity index (χ3n) is 5.85. The van der Waals surface area contributed by atoms with Gasteiger partial charge in [0, 0.05) is 37.8 Å². The molecule has 0 spiro atoms. The van der Waals surface area contributed by atoms with Crippen molar-refractivity contribution in [3.8, 4) is 5.75 Å². The maximum atomic E-state index is 12.9. The Hall–Kier alpha value is -3.88. The monoisotopic (exact) mass is 475 g/mol. The minimum Gasteiger partial charge on any atom is -0.487 e. The molecular formula is C26H29N5O4. The minimum absolute atomic E-state index is 0.116. The molecule has 0 unspecified atom stereocenters. The highest BCUT2D eigenvalue weighted by Crippen LogP contribution is 2.25. The van der Waals surface area contributed by atoms with Gasteiger partial charge in [-0.2, -0.15) is 0 Å². The maximum Gasteiger partial charge on any atom is 0.332 e. The molecule has 3 aromatic heterocycles. The number of nitrogens with zero attached hydrogens (tertiary/aromatic N) is 5. The minimum atomic E-state index is -0.473. The lowest BCUT2D eigenvalue weighted by atomic mass is 10.1. The van der Waals surface area contributed by atoms with Crippen LogP contribution in [0.4, 0.5) is 0 Å². The van der Waals surface area contributed by atoms with Gasteiger partial charge in [-0.15, -0.1) is 0 Å². The van der Waals surface area contributed by atoms with Gasteiger partial charge in [-0.1, -0.05) is 26.0 Å². The summed E-state index contributed by atoms with van der Waals surface area (Å²) in [5.74, 6) is 0.828. The number of hydrogen-bond donors (Lipinski definition) is 0. The number of ether oxygens (including phenoxy) is 1. The quantitative estimate of drug-likeness (QED) is 0.256. The van der Waals surface area contributed by atoms with Crippen molar-refractivity contribution in [2.45, 2.75) is 52.7 Å². The van der Waals surface area contributed by atoms with E-state index in [-0.39, 0.29) is 23.7 Å². The molecule has 0 saturated carbocycles. The second kappa shape index (κ2) is 10.6. The summed E-state index contributed by atoms with van der Waals surface area (Å²) in [6.07, 6.45) is 6.81. The molecule has 0 atom stereocenters. The van der Waals surface area contributed by atoms with Crippen LogP contribution in [0.1, 0.15) is 44.5 Å². The van der Waals surface area contributed by atoms with E-state index in [4.69, 9.17) is 9.72 Å². The second-order valence-electron chi connectivity index (χ2n) is 8.99. The predicted octanol–water partition coefficient (Wildman–Crippen LogP) is 3.19. The maximum absolute atomic E-state index is 12.9. The van der Waals surface area contributed by atoms with E-state index >= 15 is 0 Å². The highest BCUT2D eigenvalue weighted by molar-refractivity contribution is 5.87. The van der Waals surface area contributed by atoms with Crippen molar-refractivity contribution >= 4 is 28.2 Å². The van der Waals surface area contributed by atoms with Crippen molar-refractivity contribution in [1.82, 2.24) is 24.1 Å². The van der Waals surface area contributed by atoms with Crippen LogP contribution in [0.25, 0.3) is 21.9 Å². The van der Waals surface area contributed by atoms with E-state index in [9.17, 15) is 14.4 Å². The molecule has 0 fully saturated rings. The average molecular weight is 476 g/mol. The number of aromatic nitrogens is 5. The summed E-state index contributed by atoms with van der Waals surface area (Å²) in [7, 11) is 1.46. The van der Waals surface area contributed by atoms with Gasteiger partial charge in [0.05, 0.1) is 5.69 Å². The number of carbonyl (C=O) groups is 1. The molecule has 0 aliphatic rings. The van der Waals surface area contributed by atoms with Crippen LogP contribution in [0, 0.1) is 5.92 Å². The van der Waals surface area contributed by atoms with Crippen molar-refractivity contribution in [2.75, 3.05) is 0 Å². The molecule has 0 aliphatic carbocycles. The second-order valence-corrected chi connectivity index (χ2v) is 8.99. The van der Waals surface area contributed by atoms with E-state index in [1.54, 1.807) is 12.4 Å². The smallest absolute Gasteiger partial charge is 0.332 e. The highest BCUT2D eigenvalue weighted by atomic mass is 16.5. The predicted molar refractivity (Wildman–Crippen MR) is 134 cm³/mol. The van der Waals surface area contributed by atoms with E-state index in [1.807, 2.05) is 38.1 Å². The van der Waals surface area contributed by atoms with Crippen LogP contribution in [-0.4, -0.2) is 30.4 Å². The van der Waals surface area contributed by atoms with Crippen LogP contribution in [0.15, 0.2) is 46.2 Å². The third kappa shape index (κ3) is 5.13. The summed E-state index contributed by atoms with van der Waals surface area (Å²) in [5.41, 5.74) is 0.733. The summed E-state index contributed by atoms with van der Waals surface area (Å²) in [6.45, 7) is 4.52. The van der Waals surface area contributed by atoms with Gasteiger partial charge in [-0.05, 0) is 42.7 Å². The molecule has 4 rings (SSSR count). The van der Waals surface area contributed by atoms with Gasteiger partial charge in [-0.3, -0.25) is 18.9 Å². The van der Waals surface area contributed by atoms with E-state index < -0.39 is 11.2 Å². The molecule has 0 bridgehead atoms. The largest absolute Gasteiger partial charge is 0.487 e. The van der Waals surface area contributed by atoms with E-state index in [1.165, 1.54) is 11.6 Å². The molecule has 182 valence electrons. The molecule has 9 nitrogen and oxygen atoms in total. The van der Waals surface area contributed by atoms with Crippen LogP contribution in [0.3, 0.4) is 0 Å². The fraction of sp³-hybridized carbons (Fsp3) is 0.385. The van der Waals surface area contributed by atoms with Gasteiger partial charge in [-0.25, -0.2) is 14.8 Å². The highest BCUT2D eigenvalue weighted by Gasteiger charge is 2.19. The number of pyridine rings is 1.